The zero-order valence-electron chi connectivity index (χ0n) is 18.0. The lowest BCUT2D eigenvalue weighted by Crippen LogP contribution is -2.27. The number of rotatable bonds is 11. The molecule has 0 spiro atoms. The van der Waals surface area contributed by atoms with Gasteiger partial charge in [0.25, 0.3) is 0 Å². The SMILES string of the molecule is CC(CCOCCn1cc(Nc2ncc(Cl)c(-c3ccc(C(=O)O)cc3)n2)cn1)[C@H](N)C#N. The van der Waals surface area contributed by atoms with E-state index in [4.69, 9.17) is 32.4 Å². The van der Waals surface area contributed by atoms with Crippen LogP contribution in [0.4, 0.5) is 11.6 Å². The van der Waals surface area contributed by atoms with Gasteiger partial charge in [0.05, 0.1) is 59.6 Å². The third-order valence-corrected chi connectivity index (χ3v) is 5.26. The lowest BCUT2D eigenvalue weighted by atomic mass is 10.0. The van der Waals surface area contributed by atoms with E-state index in [1.165, 1.54) is 18.3 Å². The number of anilines is 2. The molecule has 0 bridgehead atoms. The maximum absolute atomic E-state index is 11.0. The fourth-order valence-electron chi connectivity index (χ4n) is 2.92. The number of carboxylic acid groups (broad SMARTS) is 1. The van der Waals surface area contributed by atoms with E-state index < -0.39 is 12.0 Å². The van der Waals surface area contributed by atoms with Crippen LogP contribution in [0.1, 0.15) is 23.7 Å². The maximum Gasteiger partial charge on any atom is 0.335 e. The molecule has 2 heterocycles. The first kappa shape index (κ1) is 24.1. The molecule has 0 saturated heterocycles. The Labute approximate surface area is 196 Å². The van der Waals surface area contributed by atoms with Gasteiger partial charge in [0.2, 0.25) is 5.95 Å². The normalized spacial score (nSPS) is 12.7. The first-order chi connectivity index (χ1) is 15.9. The Morgan fingerprint density at radius 1 is 1.33 bits per heavy atom. The number of carboxylic acids is 1. The second-order valence-electron chi connectivity index (χ2n) is 7.42. The van der Waals surface area contributed by atoms with Gasteiger partial charge in [-0.3, -0.25) is 4.68 Å². The molecule has 172 valence electrons. The molecule has 33 heavy (non-hydrogen) atoms. The van der Waals surface area contributed by atoms with E-state index in [2.05, 4.69) is 20.4 Å². The van der Waals surface area contributed by atoms with Crippen LogP contribution in [0.3, 0.4) is 0 Å². The summed E-state index contributed by atoms with van der Waals surface area (Å²) in [5, 5.41) is 25.6. The van der Waals surface area contributed by atoms with Crippen LogP contribution in [0, 0.1) is 17.2 Å². The molecule has 10 nitrogen and oxygen atoms in total. The van der Waals surface area contributed by atoms with Crippen molar-refractivity contribution < 1.29 is 14.6 Å². The number of benzene rings is 1. The van der Waals surface area contributed by atoms with E-state index in [-0.39, 0.29) is 11.5 Å². The number of aromatic nitrogens is 4. The molecule has 0 amide bonds. The van der Waals surface area contributed by atoms with Crippen molar-refractivity contribution in [3.8, 4) is 17.3 Å². The van der Waals surface area contributed by atoms with Crippen molar-refractivity contribution in [3.05, 3.63) is 53.4 Å². The highest BCUT2D eigenvalue weighted by Gasteiger charge is 2.12. The summed E-state index contributed by atoms with van der Waals surface area (Å²) in [5.41, 5.74) is 7.71. The monoisotopic (exact) mass is 469 g/mol. The summed E-state index contributed by atoms with van der Waals surface area (Å²) in [5.74, 6) is -0.594. The molecule has 0 aliphatic carbocycles. The van der Waals surface area contributed by atoms with E-state index in [0.717, 1.165) is 6.42 Å². The predicted octanol–water partition coefficient (Wildman–Crippen LogP) is 3.33. The Kier molecular flexibility index (Phi) is 8.32. The van der Waals surface area contributed by atoms with Gasteiger partial charge in [-0.15, -0.1) is 0 Å². The van der Waals surface area contributed by atoms with Crippen molar-refractivity contribution in [2.75, 3.05) is 18.5 Å². The van der Waals surface area contributed by atoms with Crippen LogP contribution in [0.2, 0.25) is 5.02 Å². The second-order valence-corrected chi connectivity index (χ2v) is 7.83. The number of halogens is 1. The molecule has 1 aromatic carbocycles. The smallest absolute Gasteiger partial charge is 0.335 e. The zero-order valence-corrected chi connectivity index (χ0v) is 18.7. The summed E-state index contributed by atoms with van der Waals surface area (Å²) >= 11 is 6.25. The Balaban J connectivity index is 1.55. The van der Waals surface area contributed by atoms with Crippen molar-refractivity contribution in [2.24, 2.45) is 11.7 Å². The third-order valence-electron chi connectivity index (χ3n) is 4.98. The molecule has 0 fully saturated rings. The number of nitrogens with two attached hydrogens (primary N) is 1. The molecule has 0 saturated carbocycles. The van der Waals surface area contributed by atoms with E-state index >= 15 is 0 Å². The highest BCUT2D eigenvalue weighted by molar-refractivity contribution is 6.32. The van der Waals surface area contributed by atoms with E-state index in [9.17, 15) is 4.79 Å². The number of hydrogen-bond donors (Lipinski definition) is 3. The number of ether oxygens (including phenoxy) is 1. The molecule has 2 aromatic heterocycles. The van der Waals surface area contributed by atoms with E-state index in [1.54, 1.807) is 29.2 Å². The van der Waals surface area contributed by atoms with Crippen LogP contribution in [0.25, 0.3) is 11.3 Å². The molecule has 4 N–H and O–H groups in total. The van der Waals surface area contributed by atoms with Gasteiger partial charge in [-0.1, -0.05) is 30.7 Å². The molecule has 1 unspecified atom stereocenters. The summed E-state index contributed by atoms with van der Waals surface area (Å²) in [7, 11) is 0. The largest absolute Gasteiger partial charge is 0.478 e. The Bertz CT molecular complexity index is 1130. The van der Waals surface area contributed by atoms with Crippen molar-refractivity contribution in [1.29, 1.82) is 5.26 Å². The number of carbonyl (C=O) groups is 1. The van der Waals surface area contributed by atoms with E-state index in [0.29, 0.717) is 47.7 Å². The molecular weight excluding hydrogens is 446 g/mol. The first-order valence-corrected chi connectivity index (χ1v) is 10.6. The zero-order chi connectivity index (χ0) is 23.8. The van der Waals surface area contributed by atoms with Gasteiger partial charge in [-0.2, -0.15) is 10.4 Å². The molecule has 2 atom stereocenters. The van der Waals surface area contributed by atoms with Crippen LogP contribution in [-0.2, 0) is 11.3 Å². The van der Waals surface area contributed by atoms with E-state index in [1.807, 2.05) is 13.0 Å². The van der Waals surface area contributed by atoms with Gasteiger partial charge in [-0.25, -0.2) is 14.8 Å². The van der Waals surface area contributed by atoms with Crippen LogP contribution < -0.4 is 11.1 Å². The maximum atomic E-state index is 11.0. The summed E-state index contributed by atoms with van der Waals surface area (Å²) in [4.78, 5) is 19.7. The van der Waals surface area contributed by atoms with Crippen molar-refractivity contribution in [1.82, 2.24) is 19.7 Å². The molecular formula is C22H24ClN7O3. The van der Waals surface area contributed by atoms with Crippen molar-refractivity contribution in [2.45, 2.75) is 25.9 Å². The molecule has 0 aliphatic heterocycles. The molecule has 3 rings (SSSR count). The fourth-order valence-corrected chi connectivity index (χ4v) is 3.12. The number of nitriles is 1. The van der Waals surface area contributed by atoms with Crippen molar-refractivity contribution >= 4 is 29.2 Å². The van der Waals surface area contributed by atoms with Gasteiger partial charge in [0.1, 0.15) is 0 Å². The van der Waals surface area contributed by atoms with Gasteiger partial charge in [0, 0.05) is 18.4 Å². The Morgan fingerprint density at radius 3 is 2.79 bits per heavy atom. The predicted molar refractivity (Wildman–Crippen MR) is 123 cm³/mol. The summed E-state index contributed by atoms with van der Waals surface area (Å²) in [6.45, 7) is 3.49. The highest BCUT2D eigenvalue weighted by Crippen LogP contribution is 2.27. The number of hydrogen-bond acceptors (Lipinski definition) is 8. The van der Waals surface area contributed by atoms with Gasteiger partial charge < -0.3 is 20.9 Å². The third kappa shape index (κ3) is 6.73. The quantitative estimate of drug-likeness (QED) is 0.359. The molecule has 3 aromatic rings. The summed E-state index contributed by atoms with van der Waals surface area (Å²) in [6.07, 6.45) is 5.65. The number of nitrogens with zero attached hydrogens (tertiary/aromatic N) is 5. The van der Waals surface area contributed by atoms with Gasteiger partial charge in [-0.05, 0) is 24.5 Å². The topological polar surface area (TPSA) is 152 Å². The molecule has 0 radical (unpaired) electrons. The second kappa shape index (κ2) is 11.4. The van der Waals surface area contributed by atoms with Crippen molar-refractivity contribution in [3.63, 3.8) is 0 Å². The Hall–Kier alpha value is -3.52. The number of aromatic carboxylic acids is 1. The number of nitrogens with one attached hydrogen (secondary N) is 1. The first-order valence-electron chi connectivity index (χ1n) is 10.3. The lowest BCUT2D eigenvalue weighted by Gasteiger charge is -2.13. The minimum Gasteiger partial charge on any atom is -0.478 e. The Morgan fingerprint density at radius 2 is 2.09 bits per heavy atom. The molecule has 0 aliphatic rings. The average molecular weight is 470 g/mol. The lowest BCUT2D eigenvalue weighted by molar-refractivity contribution is 0.0697. The van der Waals surface area contributed by atoms with Crippen LogP contribution in [0.15, 0.2) is 42.9 Å². The fraction of sp³-hybridized carbons (Fsp3) is 0.318. The minimum atomic E-state index is -1.00. The van der Waals surface area contributed by atoms with Crippen LogP contribution in [-0.4, -0.2) is 50.1 Å². The standard InChI is InChI=1S/C22H24ClN7O3/c1-14(19(25)10-24)6-8-33-9-7-30-13-17(11-27-30)28-22-26-12-18(23)20(29-22)15-2-4-16(5-3-15)21(31)32/h2-5,11-14,19H,6-9,25H2,1H3,(H,31,32)(H,26,28,29)/t14?,19-/m1/s1. The van der Waals surface area contributed by atoms with Crippen LogP contribution >= 0.6 is 11.6 Å². The minimum absolute atomic E-state index is 0.0786. The average Bonchev–Trinajstić information content (AvgIpc) is 3.26. The van der Waals surface area contributed by atoms with Gasteiger partial charge in [0.15, 0.2) is 0 Å². The van der Waals surface area contributed by atoms with Crippen LogP contribution in [0.5, 0.6) is 0 Å². The highest BCUT2D eigenvalue weighted by atomic mass is 35.5. The summed E-state index contributed by atoms with van der Waals surface area (Å²) < 4.78 is 7.34. The molecule has 11 heteroatoms. The summed E-state index contributed by atoms with van der Waals surface area (Å²) in [6, 6.07) is 7.84. The van der Waals surface area contributed by atoms with Gasteiger partial charge >= 0.3 is 5.97 Å².